The van der Waals surface area contributed by atoms with Crippen molar-refractivity contribution >= 4 is 16.2 Å². The van der Waals surface area contributed by atoms with Crippen LogP contribution in [0.15, 0.2) is 54.6 Å². The van der Waals surface area contributed by atoms with E-state index >= 15 is 0 Å². The predicted molar refractivity (Wildman–Crippen MR) is 127 cm³/mol. The van der Waals surface area contributed by atoms with Gasteiger partial charge in [-0.25, -0.2) is 4.79 Å². The highest BCUT2D eigenvalue weighted by molar-refractivity contribution is 7.85. The maximum Gasteiger partial charge on any atom is 0.410 e. The molecule has 0 spiro atoms. The van der Waals surface area contributed by atoms with Crippen molar-refractivity contribution in [2.45, 2.75) is 38.3 Å². The van der Waals surface area contributed by atoms with Crippen molar-refractivity contribution in [2.24, 2.45) is 5.92 Å². The number of fused-ring (bicyclic) bond motifs is 4. The second kappa shape index (κ2) is 10.2. The van der Waals surface area contributed by atoms with Gasteiger partial charge in [0.1, 0.15) is 6.10 Å². The molecule has 2 aromatic rings. The molecule has 1 N–H and O–H groups in total. The average Bonchev–Trinajstić information content (AvgIpc) is 2.84. The first-order valence-electron chi connectivity index (χ1n) is 11.6. The number of carbonyl (C=O) groups is 1. The lowest BCUT2D eigenvalue weighted by atomic mass is 9.86. The molecule has 178 valence electrons. The summed E-state index contributed by atoms with van der Waals surface area (Å²) in [6.07, 6.45) is 3.09. The number of nitrogens with zero attached hydrogens (tertiary/aromatic N) is 2. The van der Waals surface area contributed by atoms with Crippen LogP contribution >= 0.6 is 0 Å². The lowest BCUT2D eigenvalue weighted by molar-refractivity contribution is -0.0462. The number of carbonyl (C=O) groups excluding carboxylic acids is 1. The zero-order valence-corrected chi connectivity index (χ0v) is 19.8. The second-order valence-corrected chi connectivity index (χ2v) is 10.6. The molecule has 8 heteroatoms. The fourth-order valence-corrected chi connectivity index (χ4v) is 5.00. The van der Waals surface area contributed by atoms with E-state index in [1.54, 1.807) is 0 Å². The topological polar surface area (TPSA) is 87.1 Å². The molecule has 4 heterocycles. The van der Waals surface area contributed by atoms with Gasteiger partial charge >= 0.3 is 6.09 Å². The number of hydrogen-bond donors (Lipinski definition) is 1. The largest absolute Gasteiger partial charge is 0.444 e. The van der Waals surface area contributed by atoms with Crippen LogP contribution in [0.3, 0.4) is 0 Å². The molecular formula is C25H32N2O5S. The van der Waals surface area contributed by atoms with Crippen LogP contribution in [0, 0.1) is 5.92 Å². The molecule has 0 unspecified atom stereocenters. The smallest absolute Gasteiger partial charge is 0.410 e. The van der Waals surface area contributed by atoms with Crippen molar-refractivity contribution in [1.82, 2.24) is 9.80 Å². The summed E-state index contributed by atoms with van der Waals surface area (Å²) in [6.45, 7) is 5.29. The highest BCUT2D eigenvalue weighted by atomic mass is 32.2. The summed E-state index contributed by atoms with van der Waals surface area (Å²) >= 11 is 0. The molecule has 2 bridgehead atoms. The Balaban J connectivity index is 0.000000385. The van der Waals surface area contributed by atoms with Gasteiger partial charge in [-0.15, -0.1) is 0 Å². The molecular weight excluding hydrogens is 440 g/mol. The molecule has 33 heavy (non-hydrogen) atoms. The molecule has 0 aromatic heterocycles. The maximum atomic E-state index is 13.2. The molecule has 4 aliphatic rings. The molecule has 0 radical (unpaired) electrons. The van der Waals surface area contributed by atoms with Crippen LogP contribution in [0.4, 0.5) is 4.79 Å². The van der Waals surface area contributed by atoms with Crippen LogP contribution in [-0.2, 0) is 21.3 Å². The lowest BCUT2D eigenvalue weighted by Crippen LogP contribution is -2.53. The molecule has 4 aliphatic heterocycles. The number of piperidine rings is 3. The van der Waals surface area contributed by atoms with Gasteiger partial charge in [-0.3, -0.25) is 14.4 Å². The minimum atomic E-state index is -3.66. The average molecular weight is 473 g/mol. The van der Waals surface area contributed by atoms with Crippen molar-refractivity contribution in [3.63, 3.8) is 0 Å². The first kappa shape index (κ1) is 23.7. The Labute approximate surface area is 196 Å². The Bertz CT molecular complexity index is 1050. The van der Waals surface area contributed by atoms with Gasteiger partial charge in [0.15, 0.2) is 0 Å². The van der Waals surface area contributed by atoms with Crippen LogP contribution in [0.1, 0.15) is 42.5 Å². The van der Waals surface area contributed by atoms with Gasteiger partial charge in [-0.2, -0.15) is 8.42 Å². The Kier molecular flexibility index (Phi) is 7.36. The van der Waals surface area contributed by atoms with Gasteiger partial charge in [0.2, 0.25) is 0 Å². The highest BCUT2D eigenvalue weighted by Gasteiger charge is 2.39. The van der Waals surface area contributed by atoms with Crippen LogP contribution in [0.25, 0.3) is 0 Å². The van der Waals surface area contributed by atoms with Gasteiger partial charge in [0.25, 0.3) is 10.1 Å². The molecule has 2 aromatic carbocycles. The second-order valence-electron chi connectivity index (χ2n) is 8.89. The quantitative estimate of drug-likeness (QED) is 0.685. The summed E-state index contributed by atoms with van der Waals surface area (Å²) in [5, 5.41) is 0. The summed E-state index contributed by atoms with van der Waals surface area (Å²) in [4.78, 5) is 17.6. The first-order valence-corrected chi connectivity index (χ1v) is 13.2. The summed E-state index contributed by atoms with van der Waals surface area (Å²) in [6, 6.07) is 18.8. The van der Waals surface area contributed by atoms with Crippen molar-refractivity contribution in [2.75, 3.05) is 31.9 Å². The number of rotatable bonds is 3. The van der Waals surface area contributed by atoms with Crippen LogP contribution in [0.5, 0.6) is 0 Å². The normalized spacial score (nSPS) is 26.1. The Morgan fingerprint density at radius 1 is 1.03 bits per heavy atom. The monoisotopic (exact) mass is 472 g/mol. The standard InChI is InChI=1S/C23H26N2O2.C2H6O3S/c26-23(27-21-16-24-13-10-18(21)11-14-24)25-15-12-17-6-4-5-9-20(17)22(25)19-7-2-1-3-8-19;1-2-6(3,4)5/h1-9,18,21-22H,10-16H2;2H2,1H3,(H,3,4,5)/t21-,22+;/m0./s1. The molecule has 0 saturated carbocycles. The molecule has 1 amide bonds. The summed E-state index contributed by atoms with van der Waals surface area (Å²) in [5.74, 6) is 0.332. The van der Waals surface area contributed by atoms with Gasteiger partial charge in [-0.1, -0.05) is 54.6 Å². The van der Waals surface area contributed by atoms with E-state index in [-0.39, 0.29) is 24.0 Å². The van der Waals surface area contributed by atoms with E-state index in [2.05, 4.69) is 41.3 Å². The third-order valence-electron chi connectivity index (χ3n) is 6.85. The third kappa shape index (κ3) is 5.75. The fourth-order valence-electron chi connectivity index (χ4n) is 5.00. The van der Waals surface area contributed by atoms with Crippen LogP contribution < -0.4 is 0 Å². The maximum absolute atomic E-state index is 13.2. The SMILES string of the molecule is CCS(=O)(=O)O.O=C(O[C@H]1CN2CCC1CC2)N1CCc2ccccc2[C@H]1c1ccccc1. The van der Waals surface area contributed by atoms with E-state index in [1.807, 2.05) is 23.1 Å². The van der Waals surface area contributed by atoms with E-state index in [1.165, 1.54) is 18.1 Å². The Hall–Kier alpha value is -2.42. The molecule has 7 nitrogen and oxygen atoms in total. The minimum absolute atomic E-state index is 0.0496. The van der Waals surface area contributed by atoms with E-state index in [4.69, 9.17) is 9.29 Å². The van der Waals surface area contributed by atoms with Gasteiger partial charge in [-0.05, 0) is 61.9 Å². The first-order chi connectivity index (χ1) is 15.9. The van der Waals surface area contributed by atoms with E-state index in [0.717, 1.165) is 44.5 Å². The van der Waals surface area contributed by atoms with E-state index in [0.29, 0.717) is 12.5 Å². The summed E-state index contributed by atoms with van der Waals surface area (Å²) < 4.78 is 33.0. The number of amides is 1. The number of benzene rings is 2. The summed E-state index contributed by atoms with van der Waals surface area (Å²) in [7, 11) is -3.66. The van der Waals surface area contributed by atoms with Gasteiger partial charge in [0, 0.05) is 13.1 Å². The Morgan fingerprint density at radius 3 is 2.27 bits per heavy atom. The molecule has 3 fully saturated rings. The van der Waals surface area contributed by atoms with E-state index < -0.39 is 10.1 Å². The third-order valence-corrected chi connectivity index (χ3v) is 7.58. The van der Waals surface area contributed by atoms with Crippen molar-refractivity contribution < 1.29 is 22.5 Å². The summed E-state index contributed by atoms with van der Waals surface area (Å²) in [5.41, 5.74) is 3.70. The zero-order valence-electron chi connectivity index (χ0n) is 19.0. The lowest BCUT2D eigenvalue weighted by Gasteiger charge is -2.45. The van der Waals surface area contributed by atoms with Crippen LogP contribution in [0.2, 0.25) is 0 Å². The highest BCUT2D eigenvalue weighted by Crippen LogP contribution is 2.36. The molecule has 6 rings (SSSR count). The van der Waals surface area contributed by atoms with Crippen molar-refractivity contribution in [1.29, 1.82) is 0 Å². The number of hydrogen-bond acceptors (Lipinski definition) is 5. The Morgan fingerprint density at radius 2 is 1.67 bits per heavy atom. The van der Waals surface area contributed by atoms with Crippen molar-refractivity contribution in [3.05, 3.63) is 71.3 Å². The zero-order chi connectivity index (χ0) is 23.4. The molecule has 0 aliphatic carbocycles. The van der Waals surface area contributed by atoms with E-state index in [9.17, 15) is 13.2 Å². The number of ether oxygens (including phenoxy) is 1. The van der Waals surface area contributed by atoms with Gasteiger partial charge in [0.05, 0.1) is 11.8 Å². The minimum Gasteiger partial charge on any atom is -0.444 e. The fraction of sp³-hybridized carbons (Fsp3) is 0.480. The van der Waals surface area contributed by atoms with Gasteiger partial charge < -0.3 is 4.74 Å². The predicted octanol–water partition coefficient (Wildman–Crippen LogP) is 3.76. The molecule has 2 atom stereocenters. The molecule has 3 saturated heterocycles. The van der Waals surface area contributed by atoms with Crippen LogP contribution in [-0.4, -0.2) is 66.9 Å². The van der Waals surface area contributed by atoms with Crippen molar-refractivity contribution in [3.8, 4) is 0 Å².